The summed E-state index contributed by atoms with van der Waals surface area (Å²) in [6, 6.07) is 6.92. The van der Waals surface area contributed by atoms with E-state index in [0.717, 1.165) is 34.1 Å². The van der Waals surface area contributed by atoms with Crippen LogP contribution in [0.3, 0.4) is 0 Å². The molecule has 140 valence electrons. The summed E-state index contributed by atoms with van der Waals surface area (Å²) < 4.78 is 20.6. The second-order valence-corrected chi connectivity index (χ2v) is 7.22. The van der Waals surface area contributed by atoms with Gasteiger partial charge in [-0.25, -0.2) is 4.39 Å². The summed E-state index contributed by atoms with van der Waals surface area (Å²) in [7, 11) is 4.05. The minimum absolute atomic E-state index is 0.0652. The smallest absolute Gasteiger partial charge is 0.272 e. The van der Waals surface area contributed by atoms with Crippen LogP contribution in [0.15, 0.2) is 42.6 Å². The third-order valence-corrected chi connectivity index (χ3v) is 4.87. The highest BCUT2D eigenvalue weighted by molar-refractivity contribution is 7.20. The molecule has 0 aliphatic carbocycles. The third kappa shape index (κ3) is 4.66. The Kier molecular flexibility index (Phi) is 5.78. The number of halogens is 1. The molecule has 6 nitrogen and oxygen atoms in total. The Labute approximate surface area is 159 Å². The average molecular weight is 387 g/mol. The van der Waals surface area contributed by atoms with E-state index in [1.165, 1.54) is 23.5 Å². The van der Waals surface area contributed by atoms with Gasteiger partial charge in [-0.05, 0) is 38.7 Å². The average Bonchev–Trinajstić information content (AvgIpc) is 3.04. The molecule has 3 aromatic rings. The zero-order valence-electron chi connectivity index (χ0n) is 14.9. The number of hydrogen-bond acceptors (Lipinski definition) is 6. The molecule has 0 bridgehead atoms. The lowest BCUT2D eigenvalue weighted by Gasteiger charge is -2.07. The van der Waals surface area contributed by atoms with E-state index >= 15 is 0 Å². The van der Waals surface area contributed by atoms with Crippen molar-refractivity contribution >= 4 is 33.3 Å². The first-order valence-corrected chi connectivity index (χ1v) is 9.07. The Morgan fingerprint density at radius 1 is 1.30 bits per heavy atom. The molecule has 8 heteroatoms. The van der Waals surface area contributed by atoms with Crippen LogP contribution in [-0.4, -0.2) is 35.4 Å². The van der Waals surface area contributed by atoms with Crippen molar-refractivity contribution in [3.63, 3.8) is 0 Å². The predicted octanol–water partition coefficient (Wildman–Crippen LogP) is 5.10. The molecule has 0 N–H and O–H groups in total. The van der Waals surface area contributed by atoms with Gasteiger partial charge in [0.1, 0.15) is 5.75 Å². The molecule has 0 aliphatic heterocycles. The number of fused-ring (bicyclic) bond motifs is 1. The first kappa shape index (κ1) is 18.9. The van der Waals surface area contributed by atoms with Gasteiger partial charge < -0.3 is 9.64 Å². The molecule has 0 aliphatic rings. The van der Waals surface area contributed by atoms with Crippen LogP contribution in [0.2, 0.25) is 0 Å². The number of pyridine rings is 1. The molecular formula is C19H18FN3O3S. The Hall–Kier alpha value is -2.84. The summed E-state index contributed by atoms with van der Waals surface area (Å²) in [5.41, 5.74) is 0.438. The first-order chi connectivity index (χ1) is 12.9. The van der Waals surface area contributed by atoms with Gasteiger partial charge in [-0.2, -0.15) is 0 Å². The Morgan fingerprint density at radius 3 is 2.81 bits per heavy atom. The normalized spacial score (nSPS) is 11.6. The molecule has 0 saturated heterocycles. The number of aromatic nitrogens is 1. The minimum atomic E-state index is -0.783. The summed E-state index contributed by atoms with van der Waals surface area (Å²) >= 11 is 1.50. The molecule has 0 amide bonds. The lowest BCUT2D eigenvalue weighted by molar-refractivity contribution is -0.385. The molecule has 0 spiro atoms. The minimum Gasteiger partial charge on any atom is -0.453 e. The largest absolute Gasteiger partial charge is 0.453 e. The molecule has 2 aromatic heterocycles. The molecular weight excluding hydrogens is 369 g/mol. The van der Waals surface area contributed by atoms with Gasteiger partial charge in [0.15, 0.2) is 11.6 Å². The Morgan fingerprint density at radius 2 is 2.11 bits per heavy atom. The van der Waals surface area contributed by atoms with E-state index in [2.05, 4.69) is 16.0 Å². The van der Waals surface area contributed by atoms with E-state index in [-0.39, 0.29) is 11.4 Å². The topological polar surface area (TPSA) is 68.5 Å². The number of rotatable bonds is 7. The highest BCUT2D eigenvalue weighted by Crippen LogP contribution is 2.36. The van der Waals surface area contributed by atoms with Gasteiger partial charge in [-0.1, -0.05) is 6.08 Å². The number of non-ortho nitro benzene ring substituents is 1. The molecule has 0 unspecified atom stereocenters. The molecule has 0 atom stereocenters. The number of nitro groups is 1. The summed E-state index contributed by atoms with van der Waals surface area (Å²) in [6.07, 6.45) is 6.66. The lowest BCUT2D eigenvalue weighted by Crippen LogP contribution is -2.11. The number of nitro benzene ring substituents is 1. The van der Waals surface area contributed by atoms with Crippen molar-refractivity contribution in [2.75, 3.05) is 20.6 Å². The first-order valence-electron chi connectivity index (χ1n) is 8.25. The van der Waals surface area contributed by atoms with Crippen LogP contribution >= 0.6 is 11.3 Å². The van der Waals surface area contributed by atoms with Crippen LogP contribution in [-0.2, 0) is 0 Å². The fourth-order valence-electron chi connectivity index (χ4n) is 2.43. The third-order valence-electron chi connectivity index (χ3n) is 3.77. The summed E-state index contributed by atoms with van der Waals surface area (Å²) in [5.74, 6) is -0.384. The molecule has 0 fully saturated rings. The highest BCUT2D eigenvalue weighted by Gasteiger charge is 2.14. The lowest BCUT2D eigenvalue weighted by atomic mass is 10.3. The van der Waals surface area contributed by atoms with E-state index in [4.69, 9.17) is 4.74 Å². The van der Waals surface area contributed by atoms with Crippen molar-refractivity contribution in [1.82, 2.24) is 9.88 Å². The van der Waals surface area contributed by atoms with Crippen LogP contribution in [0.5, 0.6) is 11.5 Å². The van der Waals surface area contributed by atoms with Crippen molar-refractivity contribution in [3.8, 4) is 11.5 Å². The van der Waals surface area contributed by atoms with Crippen LogP contribution in [0.25, 0.3) is 16.3 Å². The second-order valence-electron chi connectivity index (χ2n) is 6.14. The van der Waals surface area contributed by atoms with Gasteiger partial charge in [-0.15, -0.1) is 11.3 Å². The van der Waals surface area contributed by atoms with Crippen molar-refractivity contribution in [3.05, 3.63) is 63.4 Å². The molecule has 2 heterocycles. The molecule has 1 aromatic carbocycles. The van der Waals surface area contributed by atoms with Gasteiger partial charge in [0, 0.05) is 29.8 Å². The molecule has 27 heavy (non-hydrogen) atoms. The SMILES string of the molecule is CN(C)CCC=Cc1cc2nccc(Oc3ccc([N+](=O)[O-])cc3F)c2s1. The van der Waals surface area contributed by atoms with E-state index in [1.54, 1.807) is 12.3 Å². The van der Waals surface area contributed by atoms with Gasteiger partial charge in [0.25, 0.3) is 5.69 Å². The predicted molar refractivity (Wildman–Crippen MR) is 105 cm³/mol. The second kappa shape index (κ2) is 8.24. The van der Waals surface area contributed by atoms with E-state index in [9.17, 15) is 14.5 Å². The summed E-state index contributed by atoms with van der Waals surface area (Å²) in [6.45, 7) is 0.966. The quantitative estimate of drug-likeness (QED) is 0.417. The van der Waals surface area contributed by atoms with Crippen molar-refractivity contribution in [2.24, 2.45) is 0 Å². The van der Waals surface area contributed by atoms with E-state index in [1.807, 2.05) is 26.2 Å². The maximum atomic E-state index is 14.1. The summed E-state index contributed by atoms with van der Waals surface area (Å²) in [5, 5.41) is 10.7. The van der Waals surface area contributed by atoms with E-state index in [0.29, 0.717) is 5.75 Å². The van der Waals surface area contributed by atoms with Crippen LogP contribution < -0.4 is 4.74 Å². The van der Waals surface area contributed by atoms with Crippen LogP contribution in [0, 0.1) is 15.9 Å². The Balaban J connectivity index is 1.84. The zero-order valence-corrected chi connectivity index (χ0v) is 15.7. The number of nitrogens with zero attached hydrogens (tertiary/aromatic N) is 3. The van der Waals surface area contributed by atoms with Crippen molar-refractivity contribution in [2.45, 2.75) is 6.42 Å². The maximum absolute atomic E-state index is 14.1. The van der Waals surface area contributed by atoms with Crippen molar-refractivity contribution < 1.29 is 14.1 Å². The molecule has 0 saturated carbocycles. The Bertz CT molecular complexity index is 1000. The number of benzene rings is 1. The maximum Gasteiger partial charge on any atom is 0.272 e. The summed E-state index contributed by atoms with van der Waals surface area (Å²) in [4.78, 5) is 17.5. The fraction of sp³-hybridized carbons (Fsp3) is 0.211. The van der Waals surface area contributed by atoms with Gasteiger partial charge in [0.05, 0.1) is 21.2 Å². The number of ether oxygens (including phenoxy) is 1. The van der Waals surface area contributed by atoms with Crippen LogP contribution in [0.1, 0.15) is 11.3 Å². The van der Waals surface area contributed by atoms with Crippen molar-refractivity contribution in [1.29, 1.82) is 0 Å². The van der Waals surface area contributed by atoms with Gasteiger partial charge in [0.2, 0.25) is 0 Å². The van der Waals surface area contributed by atoms with Gasteiger partial charge in [-0.3, -0.25) is 15.1 Å². The fourth-order valence-corrected chi connectivity index (χ4v) is 3.43. The van der Waals surface area contributed by atoms with E-state index < -0.39 is 10.7 Å². The number of thiophene rings is 1. The molecule has 0 radical (unpaired) electrons. The monoisotopic (exact) mass is 387 g/mol. The van der Waals surface area contributed by atoms with Gasteiger partial charge >= 0.3 is 0 Å². The standard InChI is InChI=1S/C19H18FN3O3S/c1-22(2)10-4-3-5-14-12-16-19(27-14)18(8-9-21-16)26-17-7-6-13(23(24)25)11-15(17)20/h3,5-9,11-12H,4,10H2,1-2H3. The zero-order chi connectivity index (χ0) is 19.4. The number of hydrogen-bond donors (Lipinski definition) is 0. The van der Waals surface area contributed by atoms with Crippen LogP contribution in [0.4, 0.5) is 10.1 Å². The highest BCUT2D eigenvalue weighted by atomic mass is 32.1. The molecule has 3 rings (SSSR count).